The van der Waals surface area contributed by atoms with Gasteiger partial charge in [0.1, 0.15) is 0 Å². The molecule has 0 spiro atoms. The summed E-state index contributed by atoms with van der Waals surface area (Å²) in [5.41, 5.74) is 0. The Balaban J connectivity index is 0. The van der Waals surface area contributed by atoms with E-state index < -0.39 is 0 Å². The molecule has 0 aliphatic carbocycles. The van der Waals surface area contributed by atoms with Gasteiger partial charge in [0, 0.05) is 13.7 Å². The van der Waals surface area contributed by atoms with Crippen LogP contribution >= 0.6 is 0 Å². The smallest absolute Gasteiger partial charge is 0.387 e. The van der Waals surface area contributed by atoms with Crippen molar-refractivity contribution in [3.8, 4) is 0 Å². The van der Waals surface area contributed by atoms with Crippen LogP contribution in [0.3, 0.4) is 0 Å². The molecule has 0 aromatic rings. The summed E-state index contributed by atoms with van der Waals surface area (Å²) in [7, 11) is 1.67. The number of hydrogen-bond acceptors (Lipinski definition) is 1. The van der Waals surface area contributed by atoms with E-state index in [1.807, 2.05) is 0 Å². The Hall–Kier alpha value is 0.479. The normalized spacial score (nSPS) is 7.00. The topological polar surface area (TPSA) is 9.23 Å². The van der Waals surface area contributed by atoms with Gasteiger partial charge in [-0.3, -0.25) is 0 Å². The third kappa shape index (κ3) is 8.82. The first kappa shape index (κ1) is 9.70. The molecular formula is C4H9CuO. The molecule has 0 radical (unpaired) electrons. The molecule has 0 bridgehead atoms. The van der Waals surface area contributed by atoms with Crippen LogP contribution in [-0.4, -0.2) is 13.7 Å². The minimum absolute atomic E-state index is 0. The quantitative estimate of drug-likeness (QED) is 0.404. The Morgan fingerprint density at radius 1 is 1.67 bits per heavy atom. The molecule has 0 saturated heterocycles. The third-order valence-corrected chi connectivity index (χ3v) is 0.348. The summed E-state index contributed by atoms with van der Waals surface area (Å²) >= 11 is 0. The Morgan fingerprint density at radius 2 is 2.17 bits per heavy atom. The Bertz CT molecular complexity index is 15.0. The molecule has 0 aliphatic rings. The maximum Gasteiger partial charge on any atom is 1.00 e. The fraction of sp³-hybridized carbons (Fsp3) is 0.750. The zero-order valence-corrected chi connectivity index (χ0v) is 4.77. The number of hydrogen-bond donors (Lipinski definition) is 0. The molecule has 0 fully saturated rings. The van der Waals surface area contributed by atoms with Gasteiger partial charge in [-0.25, -0.2) is 0 Å². The molecule has 0 rings (SSSR count). The van der Waals surface area contributed by atoms with Crippen LogP contribution in [0.4, 0.5) is 0 Å². The predicted octanol–water partition coefficient (Wildman–Crippen LogP) is 0.854. The first-order valence-corrected chi connectivity index (χ1v) is 1.70. The zero-order chi connectivity index (χ0) is 4.12. The van der Waals surface area contributed by atoms with Crippen LogP contribution in [0.15, 0.2) is 0 Å². The zero-order valence-electron chi connectivity index (χ0n) is 3.83. The van der Waals surface area contributed by atoms with E-state index in [1.54, 1.807) is 7.11 Å². The molecule has 0 unspecified atom stereocenters. The maximum atomic E-state index is 4.63. The van der Waals surface area contributed by atoms with Crippen molar-refractivity contribution in [2.24, 2.45) is 0 Å². The predicted molar refractivity (Wildman–Crippen MR) is 21.8 cm³/mol. The molecule has 0 aliphatic heterocycles. The number of ether oxygens (including phenoxy) is 1. The van der Waals surface area contributed by atoms with Crippen molar-refractivity contribution in [3.05, 3.63) is 6.92 Å². The van der Waals surface area contributed by atoms with Crippen LogP contribution in [0.1, 0.15) is 6.42 Å². The van der Waals surface area contributed by atoms with Gasteiger partial charge >= 0.3 is 17.1 Å². The first-order valence-electron chi connectivity index (χ1n) is 1.70. The van der Waals surface area contributed by atoms with Crippen molar-refractivity contribution in [3.63, 3.8) is 0 Å². The number of rotatable bonds is 2. The second-order valence-corrected chi connectivity index (χ2v) is 0.846. The maximum absolute atomic E-state index is 4.63. The largest absolute Gasteiger partial charge is 1.00 e. The minimum Gasteiger partial charge on any atom is -0.387 e. The Kier molecular flexibility index (Phi) is 14.7. The van der Waals surface area contributed by atoms with E-state index in [2.05, 4.69) is 11.7 Å². The summed E-state index contributed by atoms with van der Waals surface area (Å²) in [5.74, 6) is 0. The summed E-state index contributed by atoms with van der Waals surface area (Å²) in [6.45, 7) is 4.33. The van der Waals surface area contributed by atoms with Crippen molar-refractivity contribution >= 4 is 0 Å². The summed E-state index contributed by atoms with van der Waals surface area (Å²) in [6, 6.07) is 0. The molecule has 0 aromatic heterocycles. The average Bonchev–Trinajstić information content (AvgIpc) is 1.41. The van der Waals surface area contributed by atoms with Crippen molar-refractivity contribution in [2.45, 2.75) is 6.42 Å². The van der Waals surface area contributed by atoms with Crippen molar-refractivity contribution < 1.29 is 21.8 Å². The molecule has 1 nitrogen and oxygen atoms in total. The van der Waals surface area contributed by atoms with Gasteiger partial charge < -0.3 is 11.7 Å². The van der Waals surface area contributed by atoms with E-state index in [-0.39, 0.29) is 17.1 Å². The molecular weight excluding hydrogens is 128 g/mol. The molecule has 0 heterocycles. The number of methoxy groups -OCH3 is 1. The first-order chi connectivity index (χ1) is 2.41. The molecule has 0 amide bonds. The van der Waals surface area contributed by atoms with Crippen molar-refractivity contribution in [1.29, 1.82) is 0 Å². The fourth-order valence-corrected chi connectivity index (χ4v) is 0.144. The van der Waals surface area contributed by atoms with E-state index in [0.29, 0.717) is 0 Å². The molecule has 0 atom stereocenters. The standard InChI is InChI=1S/C4H9O.Cu/c1-3-4-5-2;/h1,3-4H2,2H3;/q-1;+1. The Morgan fingerprint density at radius 3 is 2.17 bits per heavy atom. The second-order valence-electron chi connectivity index (χ2n) is 0.846. The minimum atomic E-state index is 0. The van der Waals surface area contributed by atoms with Crippen LogP contribution in [0.5, 0.6) is 0 Å². The molecule has 0 saturated carbocycles. The average molecular weight is 137 g/mol. The van der Waals surface area contributed by atoms with Crippen LogP contribution in [0, 0.1) is 6.92 Å². The monoisotopic (exact) mass is 136 g/mol. The Labute approximate surface area is 49.5 Å². The van der Waals surface area contributed by atoms with Gasteiger partial charge in [0.05, 0.1) is 0 Å². The van der Waals surface area contributed by atoms with Gasteiger partial charge in [-0.15, -0.1) is 0 Å². The van der Waals surface area contributed by atoms with Crippen LogP contribution in [0.2, 0.25) is 0 Å². The van der Waals surface area contributed by atoms with Gasteiger partial charge in [-0.2, -0.15) is 6.42 Å². The fourth-order valence-electron chi connectivity index (χ4n) is 0.144. The van der Waals surface area contributed by atoms with E-state index in [4.69, 9.17) is 0 Å². The SMILES string of the molecule is [CH2-]CCOC.[Cu+]. The van der Waals surface area contributed by atoms with Crippen LogP contribution < -0.4 is 0 Å². The van der Waals surface area contributed by atoms with Gasteiger partial charge in [0.2, 0.25) is 0 Å². The molecule has 0 aromatic carbocycles. The summed E-state index contributed by atoms with van der Waals surface area (Å²) < 4.78 is 4.63. The molecule has 6 heavy (non-hydrogen) atoms. The van der Waals surface area contributed by atoms with E-state index in [1.165, 1.54) is 0 Å². The summed E-state index contributed by atoms with van der Waals surface area (Å²) in [4.78, 5) is 0. The summed E-state index contributed by atoms with van der Waals surface area (Å²) in [6.07, 6.45) is 0.872. The van der Waals surface area contributed by atoms with Crippen LogP contribution in [0.25, 0.3) is 0 Å². The van der Waals surface area contributed by atoms with Crippen LogP contribution in [-0.2, 0) is 21.8 Å². The van der Waals surface area contributed by atoms with Crippen molar-refractivity contribution in [1.82, 2.24) is 0 Å². The van der Waals surface area contributed by atoms with E-state index >= 15 is 0 Å². The molecule has 2 heteroatoms. The van der Waals surface area contributed by atoms with Gasteiger partial charge in [-0.1, -0.05) is 0 Å². The van der Waals surface area contributed by atoms with E-state index in [9.17, 15) is 0 Å². The van der Waals surface area contributed by atoms with Crippen molar-refractivity contribution in [2.75, 3.05) is 13.7 Å². The second kappa shape index (κ2) is 9.08. The summed E-state index contributed by atoms with van der Waals surface area (Å²) in [5, 5.41) is 0. The van der Waals surface area contributed by atoms with Gasteiger partial charge in [0.15, 0.2) is 0 Å². The van der Waals surface area contributed by atoms with Gasteiger partial charge in [0.25, 0.3) is 0 Å². The van der Waals surface area contributed by atoms with Gasteiger partial charge in [-0.05, 0) is 0 Å². The molecule has 42 valence electrons. The van der Waals surface area contributed by atoms with E-state index in [0.717, 1.165) is 13.0 Å². The molecule has 0 N–H and O–H groups in total. The third-order valence-electron chi connectivity index (χ3n) is 0.348.